The summed E-state index contributed by atoms with van der Waals surface area (Å²) in [4.78, 5) is 20.3. The van der Waals surface area contributed by atoms with Crippen LogP contribution in [0.15, 0.2) is 30.9 Å². The number of morpholine rings is 1. The van der Waals surface area contributed by atoms with E-state index in [0.717, 1.165) is 52.1 Å². The molecule has 2 aromatic rings. The van der Waals surface area contributed by atoms with Gasteiger partial charge in [0, 0.05) is 63.5 Å². The second-order valence-corrected chi connectivity index (χ2v) is 8.61. The number of rotatable bonds is 7. The number of aliphatic carboxylic acids is 2. The van der Waals surface area contributed by atoms with Crippen LogP contribution in [0.5, 0.6) is 0 Å². The van der Waals surface area contributed by atoms with Crippen molar-refractivity contribution in [2.24, 2.45) is 7.05 Å². The summed E-state index contributed by atoms with van der Waals surface area (Å²) in [5.74, 6) is -5.51. The topological polar surface area (TPSA) is 132 Å². The van der Waals surface area contributed by atoms with Crippen LogP contribution in [0, 0.1) is 0 Å². The van der Waals surface area contributed by atoms with Gasteiger partial charge in [-0.15, -0.1) is 0 Å². The second kappa shape index (κ2) is 14.3. The summed E-state index contributed by atoms with van der Waals surface area (Å²) in [5.41, 5.74) is 1.27. The zero-order chi connectivity index (χ0) is 29.2. The number of carboxylic acid groups (broad SMARTS) is 2. The highest BCUT2D eigenvalue weighted by Gasteiger charge is 2.43. The van der Waals surface area contributed by atoms with E-state index in [9.17, 15) is 26.3 Å². The molecule has 220 valence electrons. The fraction of sp³-hybridized carbons (Fsp3) is 0.636. The Morgan fingerprint density at radius 3 is 2.26 bits per heavy atom. The number of alkyl halides is 6. The van der Waals surface area contributed by atoms with Crippen molar-refractivity contribution >= 4 is 11.9 Å². The largest absolute Gasteiger partial charge is 0.490 e. The third-order valence-corrected chi connectivity index (χ3v) is 5.70. The van der Waals surface area contributed by atoms with Crippen molar-refractivity contribution in [3.8, 4) is 0 Å². The van der Waals surface area contributed by atoms with E-state index in [1.165, 1.54) is 5.56 Å². The van der Waals surface area contributed by atoms with Gasteiger partial charge in [0.05, 0.1) is 25.0 Å². The van der Waals surface area contributed by atoms with Crippen LogP contribution in [-0.4, -0.2) is 97.0 Å². The monoisotopic (exact) mass is 573 g/mol. The van der Waals surface area contributed by atoms with Gasteiger partial charge in [-0.25, -0.2) is 9.59 Å². The Kier molecular flexibility index (Phi) is 11.7. The van der Waals surface area contributed by atoms with Crippen molar-refractivity contribution in [2.75, 3.05) is 19.8 Å². The summed E-state index contributed by atoms with van der Waals surface area (Å²) in [6.45, 7) is 4.39. The van der Waals surface area contributed by atoms with E-state index < -0.39 is 24.3 Å². The van der Waals surface area contributed by atoms with E-state index in [-0.39, 0.29) is 12.2 Å². The molecule has 2 N–H and O–H groups in total. The van der Waals surface area contributed by atoms with Crippen molar-refractivity contribution in [3.63, 3.8) is 0 Å². The van der Waals surface area contributed by atoms with Gasteiger partial charge in [-0.05, 0) is 25.3 Å². The maximum Gasteiger partial charge on any atom is 0.490 e. The van der Waals surface area contributed by atoms with Crippen molar-refractivity contribution in [3.05, 3.63) is 36.4 Å². The molecule has 2 aromatic heterocycles. The lowest BCUT2D eigenvalue weighted by Gasteiger charge is -2.38. The number of nitrogens with zero attached hydrogens (tertiary/aromatic N) is 5. The van der Waals surface area contributed by atoms with Gasteiger partial charge >= 0.3 is 24.3 Å². The molecule has 4 rings (SSSR count). The van der Waals surface area contributed by atoms with Gasteiger partial charge in [-0.3, -0.25) is 14.3 Å². The number of ether oxygens (including phenoxy) is 2. The standard InChI is InChI=1S/C18H27N5O2.2C2HF3O2/c1-21-13-15(12-20-21)14-22-9-11-25-18-16(22)4-5-17(18)24-10-3-8-23-7-2-6-19-23;2*3-2(4,5)1(6)7/h2,6-7,12-13,16-18H,3-5,8-11,14H2,1H3;2*(H,6,7)/t16-,17+,18+;;/m0../s1. The highest BCUT2D eigenvalue weighted by atomic mass is 19.4. The lowest BCUT2D eigenvalue weighted by atomic mass is 10.1. The Bertz CT molecular complexity index is 1010. The molecule has 39 heavy (non-hydrogen) atoms. The molecule has 1 saturated carbocycles. The van der Waals surface area contributed by atoms with Crippen LogP contribution < -0.4 is 0 Å². The molecule has 1 aliphatic carbocycles. The van der Waals surface area contributed by atoms with Crippen molar-refractivity contribution in [1.82, 2.24) is 24.5 Å². The highest BCUT2D eigenvalue weighted by Crippen LogP contribution is 2.33. The Labute approximate surface area is 218 Å². The molecular weight excluding hydrogens is 544 g/mol. The molecule has 2 fully saturated rings. The van der Waals surface area contributed by atoms with E-state index in [4.69, 9.17) is 29.3 Å². The first-order valence-electron chi connectivity index (χ1n) is 11.7. The number of hydrogen-bond acceptors (Lipinski definition) is 7. The number of halogens is 6. The van der Waals surface area contributed by atoms with E-state index in [1.54, 1.807) is 0 Å². The molecule has 0 bridgehead atoms. The van der Waals surface area contributed by atoms with Crippen LogP contribution in [0.25, 0.3) is 0 Å². The average Bonchev–Trinajstić information content (AvgIpc) is 3.59. The summed E-state index contributed by atoms with van der Waals surface area (Å²) < 4.78 is 79.5. The Balaban J connectivity index is 0.000000317. The SMILES string of the molecule is Cn1cc(CN2CCO[C@H]3[C@H](OCCCn4cccn4)CC[C@@H]32)cn1.O=C(O)C(F)(F)F.O=C(O)C(F)(F)F. The van der Waals surface area contributed by atoms with E-state index in [0.29, 0.717) is 6.04 Å². The average molecular weight is 573 g/mol. The van der Waals surface area contributed by atoms with Gasteiger partial charge in [-0.2, -0.15) is 36.5 Å². The highest BCUT2D eigenvalue weighted by molar-refractivity contribution is 5.73. The zero-order valence-corrected chi connectivity index (χ0v) is 20.8. The second-order valence-electron chi connectivity index (χ2n) is 8.61. The number of aromatic nitrogens is 4. The first-order chi connectivity index (χ1) is 18.2. The maximum absolute atomic E-state index is 10.6. The molecule has 0 aromatic carbocycles. The van der Waals surface area contributed by atoms with Crippen molar-refractivity contribution < 1.29 is 55.6 Å². The van der Waals surface area contributed by atoms with Crippen LogP contribution in [0.4, 0.5) is 26.3 Å². The molecule has 3 heterocycles. The molecule has 1 aliphatic heterocycles. The molecule has 0 spiro atoms. The van der Waals surface area contributed by atoms with Crippen LogP contribution >= 0.6 is 0 Å². The number of carbonyl (C=O) groups is 2. The minimum atomic E-state index is -5.08. The Hall–Kier alpha value is -3.18. The number of hydrogen-bond donors (Lipinski definition) is 2. The first-order valence-corrected chi connectivity index (χ1v) is 11.7. The van der Waals surface area contributed by atoms with Crippen LogP contribution in [-0.2, 0) is 39.2 Å². The fourth-order valence-electron chi connectivity index (χ4n) is 4.05. The zero-order valence-electron chi connectivity index (χ0n) is 20.8. The molecule has 2 aliphatic rings. The molecule has 0 radical (unpaired) electrons. The first kappa shape index (κ1) is 32.0. The lowest BCUT2D eigenvalue weighted by molar-refractivity contribution is -0.193. The molecule has 1 saturated heterocycles. The minimum Gasteiger partial charge on any atom is -0.475 e. The molecule has 11 nitrogen and oxygen atoms in total. The third-order valence-electron chi connectivity index (χ3n) is 5.70. The van der Waals surface area contributed by atoms with E-state index in [2.05, 4.69) is 21.3 Å². The minimum absolute atomic E-state index is 0.204. The van der Waals surface area contributed by atoms with Crippen molar-refractivity contribution in [2.45, 2.75) is 63.0 Å². The van der Waals surface area contributed by atoms with Crippen LogP contribution in [0.1, 0.15) is 24.8 Å². The molecule has 0 amide bonds. The van der Waals surface area contributed by atoms with Gasteiger partial charge in [0.1, 0.15) is 0 Å². The van der Waals surface area contributed by atoms with Crippen LogP contribution in [0.2, 0.25) is 0 Å². The molecule has 3 atom stereocenters. The van der Waals surface area contributed by atoms with E-state index in [1.807, 2.05) is 41.1 Å². The predicted molar refractivity (Wildman–Crippen MR) is 120 cm³/mol. The molecular formula is C22H29F6N5O6. The predicted octanol–water partition coefficient (Wildman–Crippen LogP) is 2.72. The normalized spacial score (nSPS) is 21.3. The van der Waals surface area contributed by atoms with E-state index >= 15 is 0 Å². The van der Waals surface area contributed by atoms with Crippen LogP contribution in [0.3, 0.4) is 0 Å². The summed E-state index contributed by atoms with van der Waals surface area (Å²) in [7, 11) is 1.97. The summed E-state index contributed by atoms with van der Waals surface area (Å²) in [6.07, 6.45) is 1.34. The van der Waals surface area contributed by atoms with Gasteiger partial charge in [0.2, 0.25) is 0 Å². The van der Waals surface area contributed by atoms with Crippen molar-refractivity contribution in [1.29, 1.82) is 0 Å². The smallest absolute Gasteiger partial charge is 0.475 e. The lowest BCUT2D eigenvalue weighted by Crippen LogP contribution is -2.51. The quantitative estimate of drug-likeness (QED) is 0.379. The summed E-state index contributed by atoms with van der Waals surface area (Å²) >= 11 is 0. The number of aryl methyl sites for hydroxylation is 2. The van der Waals surface area contributed by atoms with Gasteiger partial charge in [0.15, 0.2) is 0 Å². The van der Waals surface area contributed by atoms with Gasteiger partial charge in [0.25, 0.3) is 0 Å². The van der Waals surface area contributed by atoms with Gasteiger partial charge in [-0.1, -0.05) is 0 Å². The Morgan fingerprint density at radius 1 is 1.10 bits per heavy atom. The van der Waals surface area contributed by atoms with Gasteiger partial charge < -0.3 is 19.7 Å². The molecule has 0 unspecified atom stereocenters. The number of carboxylic acids is 2. The summed E-state index contributed by atoms with van der Waals surface area (Å²) in [6, 6.07) is 2.42. The third kappa shape index (κ3) is 10.8. The maximum atomic E-state index is 10.6. The Morgan fingerprint density at radius 2 is 1.74 bits per heavy atom. The molecule has 17 heteroatoms. The summed E-state index contributed by atoms with van der Waals surface area (Å²) in [5, 5.41) is 22.8. The fourth-order valence-corrected chi connectivity index (χ4v) is 4.05. The number of fused-ring (bicyclic) bond motifs is 1.